The molecule has 0 radical (unpaired) electrons. The molecular formula is C11H8F3N3O. The van der Waals surface area contributed by atoms with Crippen LogP contribution in [0.3, 0.4) is 0 Å². The zero-order valence-electron chi connectivity index (χ0n) is 9.08. The van der Waals surface area contributed by atoms with Gasteiger partial charge in [-0.25, -0.2) is 4.79 Å². The van der Waals surface area contributed by atoms with Crippen LogP contribution in [0.4, 0.5) is 19.0 Å². The molecule has 1 aliphatic rings. The Kier molecular flexibility index (Phi) is 2.13. The van der Waals surface area contributed by atoms with Gasteiger partial charge in [0.2, 0.25) is 0 Å². The summed E-state index contributed by atoms with van der Waals surface area (Å²) in [5.74, 6) is 0.413. The minimum Gasteiger partial charge on any atom is -0.369 e. The number of hydrogen-bond donors (Lipinski definition) is 1. The molecule has 0 fully saturated rings. The lowest BCUT2D eigenvalue weighted by Gasteiger charge is -2.10. The molecule has 4 nitrogen and oxygen atoms in total. The van der Waals surface area contributed by atoms with Crippen molar-refractivity contribution < 1.29 is 13.2 Å². The maximum absolute atomic E-state index is 12.6. The zero-order chi connectivity index (χ0) is 12.9. The summed E-state index contributed by atoms with van der Waals surface area (Å²) < 4.78 is 39.3. The molecule has 1 aromatic heterocycles. The van der Waals surface area contributed by atoms with Crippen molar-refractivity contribution in [1.82, 2.24) is 9.55 Å². The standard InChI is InChI=1S/C11H8F3N3O/c12-11(13,14)6-1-2-8-7(5-6)9-15-3-4-17(9)10(18)16-8/h1-2,5,15H,3-4H2. The number of hydrogen-bond acceptors (Lipinski definition) is 3. The maximum atomic E-state index is 12.6. The summed E-state index contributed by atoms with van der Waals surface area (Å²) in [6.45, 7) is 0.944. The second-order valence-electron chi connectivity index (χ2n) is 4.05. The fraction of sp³-hybridized carbons (Fsp3) is 0.273. The number of benzene rings is 1. The lowest BCUT2D eigenvalue weighted by atomic mass is 10.1. The summed E-state index contributed by atoms with van der Waals surface area (Å²) >= 11 is 0. The first-order chi connectivity index (χ1) is 8.47. The van der Waals surface area contributed by atoms with Crippen molar-refractivity contribution in [2.24, 2.45) is 0 Å². The number of halogens is 3. The van der Waals surface area contributed by atoms with Crippen LogP contribution in [-0.2, 0) is 12.7 Å². The molecule has 3 rings (SSSR count). The van der Waals surface area contributed by atoms with E-state index >= 15 is 0 Å². The van der Waals surface area contributed by atoms with Gasteiger partial charge in [-0.3, -0.25) is 4.57 Å². The van der Waals surface area contributed by atoms with E-state index in [0.717, 1.165) is 12.1 Å². The van der Waals surface area contributed by atoms with Gasteiger partial charge in [-0.1, -0.05) is 0 Å². The number of anilines is 1. The molecule has 2 heterocycles. The van der Waals surface area contributed by atoms with Gasteiger partial charge in [0.15, 0.2) is 0 Å². The number of nitrogens with zero attached hydrogens (tertiary/aromatic N) is 2. The van der Waals surface area contributed by atoms with Crippen LogP contribution >= 0.6 is 0 Å². The monoisotopic (exact) mass is 255 g/mol. The van der Waals surface area contributed by atoms with E-state index in [4.69, 9.17) is 0 Å². The second-order valence-corrected chi connectivity index (χ2v) is 4.05. The second kappa shape index (κ2) is 3.47. The molecule has 2 aromatic rings. The Bertz CT molecular complexity index is 690. The maximum Gasteiger partial charge on any atom is 0.416 e. The highest BCUT2D eigenvalue weighted by molar-refractivity contribution is 5.90. The summed E-state index contributed by atoms with van der Waals surface area (Å²) in [7, 11) is 0. The Morgan fingerprint density at radius 1 is 1.33 bits per heavy atom. The van der Waals surface area contributed by atoms with Gasteiger partial charge in [-0.15, -0.1) is 0 Å². The summed E-state index contributed by atoms with van der Waals surface area (Å²) in [6, 6.07) is 3.17. The van der Waals surface area contributed by atoms with Gasteiger partial charge >= 0.3 is 11.9 Å². The normalized spacial score (nSPS) is 14.6. The third-order valence-corrected chi connectivity index (χ3v) is 2.92. The first-order valence-electron chi connectivity index (χ1n) is 5.32. The van der Waals surface area contributed by atoms with Gasteiger partial charge in [0.1, 0.15) is 5.82 Å². The molecule has 18 heavy (non-hydrogen) atoms. The Hall–Kier alpha value is -2.05. The van der Waals surface area contributed by atoms with Crippen LogP contribution in [0, 0.1) is 0 Å². The first-order valence-corrected chi connectivity index (χ1v) is 5.32. The quantitative estimate of drug-likeness (QED) is 0.781. The molecule has 0 atom stereocenters. The van der Waals surface area contributed by atoms with Crippen LogP contribution in [-0.4, -0.2) is 16.1 Å². The number of rotatable bonds is 0. The third kappa shape index (κ3) is 1.54. The molecule has 0 amide bonds. The lowest BCUT2D eigenvalue weighted by Crippen LogP contribution is -2.21. The van der Waals surface area contributed by atoms with Crippen molar-refractivity contribution in [3.63, 3.8) is 0 Å². The van der Waals surface area contributed by atoms with E-state index in [9.17, 15) is 18.0 Å². The molecule has 7 heteroatoms. The van der Waals surface area contributed by atoms with E-state index in [0.29, 0.717) is 24.3 Å². The summed E-state index contributed by atoms with van der Waals surface area (Å²) in [4.78, 5) is 15.4. The Labute approximate surface area is 99.1 Å². The van der Waals surface area contributed by atoms with E-state index in [2.05, 4.69) is 10.3 Å². The minimum atomic E-state index is -4.40. The Balaban J connectivity index is 2.35. The van der Waals surface area contributed by atoms with Crippen LogP contribution in [0.1, 0.15) is 5.56 Å². The van der Waals surface area contributed by atoms with Crippen molar-refractivity contribution in [3.05, 3.63) is 34.2 Å². The molecule has 1 N–H and O–H groups in total. The summed E-state index contributed by atoms with van der Waals surface area (Å²) in [5.41, 5.74) is -0.914. The molecule has 0 unspecified atom stereocenters. The van der Waals surface area contributed by atoms with Gasteiger partial charge in [0.25, 0.3) is 0 Å². The molecule has 0 saturated heterocycles. The van der Waals surface area contributed by atoms with Crippen LogP contribution in [0.5, 0.6) is 0 Å². The van der Waals surface area contributed by atoms with Gasteiger partial charge in [0.05, 0.1) is 11.1 Å². The van der Waals surface area contributed by atoms with E-state index < -0.39 is 17.4 Å². The van der Waals surface area contributed by atoms with Crippen LogP contribution < -0.4 is 11.0 Å². The van der Waals surface area contributed by atoms with E-state index in [1.807, 2.05) is 0 Å². The zero-order valence-corrected chi connectivity index (χ0v) is 9.08. The first kappa shape index (κ1) is 11.1. The Morgan fingerprint density at radius 2 is 2.11 bits per heavy atom. The molecule has 0 saturated carbocycles. The third-order valence-electron chi connectivity index (χ3n) is 2.92. The van der Waals surface area contributed by atoms with Crippen LogP contribution in [0.2, 0.25) is 0 Å². The molecular weight excluding hydrogens is 247 g/mol. The van der Waals surface area contributed by atoms with E-state index in [1.165, 1.54) is 10.6 Å². The number of aromatic nitrogens is 2. The van der Waals surface area contributed by atoms with Crippen molar-refractivity contribution in [1.29, 1.82) is 0 Å². The smallest absolute Gasteiger partial charge is 0.369 e. The highest BCUT2D eigenvalue weighted by atomic mass is 19.4. The van der Waals surface area contributed by atoms with Crippen molar-refractivity contribution >= 4 is 16.7 Å². The average Bonchev–Trinajstić information content (AvgIpc) is 2.77. The number of fused-ring (bicyclic) bond motifs is 3. The largest absolute Gasteiger partial charge is 0.416 e. The molecule has 94 valence electrons. The van der Waals surface area contributed by atoms with Crippen molar-refractivity contribution in [3.8, 4) is 0 Å². The highest BCUT2D eigenvalue weighted by Gasteiger charge is 2.31. The summed E-state index contributed by atoms with van der Waals surface area (Å²) in [5, 5.41) is 3.24. The van der Waals surface area contributed by atoms with Gasteiger partial charge in [-0.05, 0) is 18.2 Å². The predicted molar refractivity (Wildman–Crippen MR) is 59.5 cm³/mol. The van der Waals surface area contributed by atoms with Crippen LogP contribution in [0.25, 0.3) is 10.9 Å². The van der Waals surface area contributed by atoms with Gasteiger partial charge < -0.3 is 5.32 Å². The minimum absolute atomic E-state index is 0.272. The van der Waals surface area contributed by atoms with Crippen molar-refractivity contribution in [2.75, 3.05) is 11.9 Å². The average molecular weight is 255 g/mol. The number of alkyl halides is 3. The van der Waals surface area contributed by atoms with Crippen molar-refractivity contribution in [2.45, 2.75) is 12.7 Å². The molecule has 0 spiro atoms. The summed E-state index contributed by atoms with van der Waals surface area (Å²) in [6.07, 6.45) is -4.40. The molecule has 1 aliphatic heterocycles. The SMILES string of the molecule is O=c1nc2ccc(C(F)(F)F)cc2c2n1CCN2. The molecule has 0 bridgehead atoms. The fourth-order valence-electron chi connectivity index (χ4n) is 2.09. The van der Waals surface area contributed by atoms with E-state index in [1.54, 1.807) is 0 Å². The van der Waals surface area contributed by atoms with Gasteiger partial charge in [-0.2, -0.15) is 18.2 Å². The molecule has 1 aromatic carbocycles. The van der Waals surface area contributed by atoms with Crippen LogP contribution in [0.15, 0.2) is 23.0 Å². The lowest BCUT2D eigenvalue weighted by molar-refractivity contribution is -0.137. The Morgan fingerprint density at radius 3 is 2.83 bits per heavy atom. The van der Waals surface area contributed by atoms with Gasteiger partial charge in [0, 0.05) is 18.5 Å². The molecule has 0 aliphatic carbocycles. The van der Waals surface area contributed by atoms with E-state index in [-0.39, 0.29) is 5.52 Å². The fourth-order valence-corrected chi connectivity index (χ4v) is 2.09. The predicted octanol–water partition coefficient (Wildman–Crippen LogP) is 1.84. The number of nitrogens with one attached hydrogen (secondary N) is 1. The topological polar surface area (TPSA) is 46.9 Å². The highest BCUT2D eigenvalue weighted by Crippen LogP contribution is 2.33.